The highest BCUT2D eigenvalue weighted by molar-refractivity contribution is 9.10. The molecule has 3 N–H and O–H groups in total. The van der Waals surface area contributed by atoms with Gasteiger partial charge in [0.05, 0.1) is 6.54 Å². The van der Waals surface area contributed by atoms with E-state index in [1.165, 1.54) is 23.5 Å². The summed E-state index contributed by atoms with van der Waals surface area (Å²) in [5.74, 6) is -0.862. The van der Waals surface area contributed by atoms with Crippen molar-refractivity contribution in [1.29, 1.82) is 0 Å². The second-order valence-electron chi connectivity index (χ2n) is 3.65. The number of benzene rings is 1. The van der Waals surface area contributed by atoms with Gasteiger partial charge in [0.2, 0.25) is 0 Å². The second kappa shape index (κ2) is 5.49. The quantitative estimate of drug-likeness (QED) is 0.850. The van der Waals surface area contributed by atoms with Crippen molar-refractivity contribution in [1.82, 2.24) is 5.32 Å². The van der Waals surface area contributed by atoms with Gasteiger partial charge in [0, 0.05) is 20.6 Å². The average molecular weight is 329 g/mol. The van der Waals surface area contributed by atoms with Crippen molar-refractivity contribution in [2.24, 2.45) is 0 Å². The first-order valence-corrected chi connectivity index (χ1v) is 6.79. The molecule has 0 radical (unpaired) electrons. The molecule has 0 saturated heterocycles. The molecule has 1 aromatic heterocycles. The lowest BCUT2D eigenvalue weighted by Gasteiger charge is -2.05. The summed E-state index contributed by atoms with van der Waals surface area (Å²) in [6.07, 6.45) is 0. The third kappa shape index (κ3) is 3.08. The van der Waals surface area contributed by atoms with Gasteiger partial charge in [0.25, 0.3) is 5.91 Å². The van der Waals surface area contributed by atoms with Crippen LogP contribution in [0, 0.1) is 5.82 Å². The molecule has 0 unspecified atom stereocenters. The van der Waals surface area contributed by atoms with Crippen LogP contribution in [0.5, 0.6) is 0 Å². The molecule has 0 saturated carbocycles. The van der Waals surface area contributed by atoms with E-state index in [4.69, 9.17) is 5.73 Å². The zero-order valence-corrected chi connectivity index (χ0v) is 11.6. The van der Waals surface area contributed by atoms with Crippen molar-refractivity contribution < 1.29 is 9.18 Å². The molecule has 1 aromatic carbocycles. The number of rotatable bonds is 3. The molecule has 1 heterocycles. The van der Waals surface area contributed by atoms with Gasteiger partial charge in [-0.1, -0.05) is 0 Å². The lowest BCUT2D eigenvalue weighted by molar-refractivity contribution is 0.0951. The Morgan fingerprint density at radius 3 is 2.83 bits per heavy atom. The first-order chi connectivity index (χ1) is 8.56. The first kappa shape index (κ1) is 13.0. The van der Waals surface area contributed by atoms with Gasteiger partial charge in [0.1, 0.15) is 5.82 Å². The van der Waals surface area contributed by atoms with E-state index in [9.17, 15) is 9.18 Å². The molecular weight excluding hydrogens is 319 g/mol. The van der Waals surface area contributed by atoms with Crippen molar-refractivity contribution in [3.8, 4) is 0 Å². The number of halogens is 2. The van der Waals surface area contributed by atoms with Crippen LogP contribution in [0.3, 0.4) is 0 Å². The van der Waals surface area contributed by atoms with Crippen LogP contribution in [0.4, 0.5) is 10.1 Å². The molecule has 0 aliphatic carbocycles. The summed E-state index contributed by atoms with van der Waals surface area (Å²) in [5, 5.41) is 4.64. The summed E-state index contributed by atoms with van der Waals surface area (Å²) in [5.41, 5.74) is 5.94. The maximum Gasteiger partial charge on any atom is 0.251 e. The van der Waals surface area contributed by atoms with Crippen LogP contribution in [0.2, 0.25) is 0 Å². The molecule has 0 bridgehead atoms. The van der Waals surface area contributed by atoms with Crippen LogP contribution in [0.1, 0.15) is 15.2 Å². The Morgan fingerprint density at radius 1 is 1.44 bits per heavy atom. The predicted molar refractivity (Wildman–Crippen MR) is 74.0 cm³/mol. The van der Waals surface area contributed by atoms with Gasteiger partial charge >= 0.3 is 0 Å². The van der Waals surface area contributed by atoms with Crippen LogP contribution < -0.4 is 11.1 Å². The minimum absolute atomic E-state index is 0.222. The van der Waals surface area contributed by atoms with E-state index in [1.54, 1.807) is 0 Å². The van der Waals surface area contributed by atoms with Gasteiger partial charge in [-0.15, -0.1) is 11.3 Å². The largest absolute Gasteiger partial charge is 0.399 e. The molecule has 0 aliphatic heterocycles. The number of amides is 1. The summed E-state index contributed by atoms with van der Waals surface area (Å²) < 4.78 is 14.1. The van der Waals surface area contributed by atoms with E-state index in [-0.39, 0.29) is 17.2 Å². The zero-order valence-electron chi connectivity index (χ0n) is 9.24. The smallest absolute Gasteiger partial charge is 0.251 e. The van der Waals surface area contributed by atoms with Crippen molar-refractivity contribution in [3.63, 3.8) is 0 Å². The first-order valence-electron chi connectivity index (χ1n) is 5.12. The molecular formula is C12H10BrFN2OS. The molecule has 0 spiro atoms. The van der Waals surface area contributed by atoms with E-state index in [2.05, 4.69) is 21.2 Å². The Bertz CT molecular complexity index is 565. The van der Waals surface area contributed by atoms with Gasteiger partial charge in [-0.3, -0.25) is 4.79 Å². The molecule has 2 aromatic rings. The number of hydrogen-bond acceptors (Lipinski definition) is 3. The summed E-state index contributed by atoms with van der Waals surface area (Å²) >= 11 is 4.91. The Morgan fingerprint density at radius 2 is 2.22 bits per heavy atom. The molecule has 94 valence electrons. The Labute approximate surface area is 116 Å². The van der Waals surface area contributed by atoms with Crippen LogP contribution in [0.25, 0.3) is 0 Å². The summed E-state index contributed by atoms with van der Waals surface area (Å²) in [4.78, 5) is 12.8. The van der Waals surface area contributed by atoms with Crippen LogP contribution in [-0.2, 0) is 6.54 Å². The number of carbonyl (C=O) groups excluding carboxylic acids is 1. The van der Waals surface area contributed by atoms with Gasteiger partial charge in [-0.25, -0.2) is 4.39 Å². The molecule has 6 heteroatoms. The standard InChI is InChI=1S/C12H10BrFN2OS/c13-10-1-2-18-11(10)6-16-12(17)7-3-8(14)5-9(15)4-7/h1-5H,6,15H2,(H,16,17). The third-order valence-electron chi connectivity index (χ3n) is 2.28. The minimum Gasteiger partial charge on any atom is -0.399 e. The van der Waals surface area contributed by atoms with Crippen molar-refractivity contribution in [3.05, 3.63) is 50.4 Å². The van der Waals surface area contributed by atoms with E-state index >= 15 is 0 Å². The van der Waals surface area contributed by atoms with Crippen molar-refractivity contribution >= 4 is 38.9 Å². The monoisotopic (exact) mass is 328 g/mol. The highest BCUT2D eigenvalue weighted by atomic mass is 79.9. The molecule has 0 fully saturated rings. The lowest BCUT2D eigenvalue weighted by Crippen LogP contribution is -2.22. The number of anilines is 1. The van der Waals surface area contributed by atoms with Crippen LogP contribution in [0.15, 0.2) is 34.1 Å². The maximum absolute atomic E-state index is 13.1. The molecule has 18 heavy (non-hydrogen) atoms. The summed E-state index contributed by atoms with van der Waals surface area (Å²) in [6.45, 7) is 0.396. The van der Waals surface area contributed by atoms with E-state index in [0.717, 1.165) is 15.4 Å². The van der Waals surface area contributed by atoms with Gasteiger partial charge in [-0.2, -0.15) is 0 Å². The normalized spacial score (nSPS) is 10.3. The third-order valence-corrected chi connectivity index (χ3v) is 4.21. The van der Waals surface area contributed by atoms with E-state index in [0.29, 0.717) is 6.54 Å². The van der Waals surface area contributed by atoms with Gasteiger partial charge in [-0.05, 0) is 45.6 Å². The Hall–Kier alpha value is -1.40. The topological polar surface area (TPSA) is 55.1 Å². The number of hydrogen-bond donors (Lipinski definition) is 2. The fourth-order valence-electron chi connectivity index (χ4n) is 1.46. The van der Waals surface area contributed by atoms with Crippen LogP contribution in [-0.4, -0.2) is 5.91 Å². The lowest BCUT2D eigenvalue weighted by atomic mass is 10.2. The summed E-state index contributed by atoms with van der Waals surface area (Å²) in [6, 6.07) is 5.69. The molecule has 0 aliphatic rings. The fourth-order valence-corrected chi connectivity index (χ4v) is 2.89. The highest BCUT2D eigenvalue weighted by Gasteiger charge is 2.09. The van der Waals surface area contributed by atoms with Gasteiger partial charge in [0.15, 0.2) is 0 Å². The minimum atomic E-state index is -0.516. The number of nitrogen functional groups attached to an aromatic ring is 1. The predicted octanol–water partition coefficient (Wildman–Crippen LogP) is 3.16. The number of thiophene rings is 1. The average Bonchev–Trinajstić information content (AvgIpc) is 2.70. The summed E-state index contributed by atoms with van der Waals surface area (Å²) in [7, 11) is 0. The van der Waals surface area contributed by atoms with Crippen LogP contribution >= 0.6 is 27.3 Å². The van der Waals surface area contributed by atoms with E-state index in [1.807, 2.05) is 11.4 Å². The zero-order chi connectivity index (χ0) is 13.1. The van der Waals surface area contributed by atoms with Gasteiger partial charge < -0.3 is 11.1 Å². The van der Waals surface area contributed by atoms with Crippen molar-refractivity contribution in [2.75, 3.05) is 5.73 Å². The fraction of sp³-hybridized carbons (Fsp3) is 0.0833. The molecule has 2 rings (SSSR count). The second-order valence-corrected chi connectivity index (χ2v) is 5.50. The number of nitrogens with two attached hydrogens (primary N) is 1. The number of nitrogens with one attached hydrogen (secondary N) is 1. The SMILES string of the molecule is Nc1cc(F)cc(C(=O)NCc2sccc2Br)c1. The van der Waals surface area contributed by atoms with E-state index < -0.39 is 5.82 Å². The highest BCUT2D eigenvalue weighted by Crippen LogP contribution is 2.22. The number of carbonyl (C=O) groups is 1. The molecule has 1 amide bonds. The van der Waals surface area contributed by atoms with Crippen molar-refractivity contribution in [2.45, 2.75) is 6.54 Å². The Kier molecular flexibility index (Phi) is 3.98. The Balaban J connectivity index is 2.06. The maximum atomic E-state index is 13.1. The molecule has 0 atom stereocenters. The molecule has 3 nitrogen and oxygen atoms in total.